The fraction of sp³-hybridized carbons (Fsp3) is 0.300. The molecule has 25 heavy (non-hydrogen) atoms. The first kappa shape index (κ1) is 18.5. The molecular formula is C20H24N2O3. The highest BCUT2D eigenvalue weighted by atomic mass is 16.5. The van der Waals surface area contributed by atoms with E-state index < -0.39 is 0 Å². The van der Waals surface area contributed by atoms with E-state index in [1.54, 1.807) is 31.4 Å². The van der Waals surface area contributed by atoms with Gasteiger partial charge in [0.15, 0.2) is 0 Å². The molecule has 0 saturated heterocycles. The number of rotatable bonds is 8. The average Bonchev–Trinajstić information content (AvgIpc) is 2.66. The number of hydrogen-bond donors (Lipinski definition) is 2. The van der Waals surface area contributed by atoms with Crippen LogP contribution in [0.2, 0.25) is 0 Å². The van der Waals surface area contributed by atoms with Crippen LogP contribution in [0.25, 0.3) is 0 Å². The van der Waals surface area contributed by atoms with Gasteiger partial charge in [0.1, 0.15) is 5.75 Å². The molecule has 0 aliphatic carbocycles. The zero-order valence-corrected chi connectivity index (χ0v) is 14.7. The van der Waals surface area contributed by atoms with Gasteiger partial charge in [-0.2, -0.15) is 0 Å². The van der Waals surface area contributed by atoms with Crippen LogP contribution in [-0.2, 0) is 6.54 Å². The summed E-state index contributed by atoms with van der Waals surface area (Å²) in [6, 6.07) is 14.2. The van der Waals surface area contributed by atoms with Gasteiger partial charge < -0.3 is 15.4 Å². The predicted molar refractivity (Wildman–Crippen MR) is 97.8 cm³/mol. The van der Waals surface area contributed by atoms with Gasteiger partial charge in [0.2, 0.25) is 0 Å². The molecule has 0 aliphatic heterocycles. The maximum Gasteiger partial charge on any atom is 0.251 e. The van der Waals surface area contributed by atoms with Gasteiger partial charge in [-0.15, -0.1) is 0 Å². The Morgan fingerprint density at radius 2 is 1.44 bits per heavy atom. The number of benzene rings is 2. The lowest BCUT2D eigenvalue weighted by atomic mass is 10.1. The minimum absolute atomic E-state index is 0.112. The molecule has 2 aromatic carbocycles. The topological polar surface area (TPSA) is 67.4 Å². The van der Waals surface area contributed by atoms with Crippen molar-refractivity contribution in [2.24, 2.45) is 0 Å². The summed E-state index contributed by atoms with van der Waals surface area (Å²) in [6.45, 7) is 3.17. The molecule has 0 saturated carbocycles. The van der Waals surface area contributed by atoms with Crippen LogP contribution in [0.4, 0.5) is 0 Å². The van der Waals surface area contributed by atoms with Crippen molar-refractivity contribution in [2.45, 2.75) is 26.3 Å². The van der Waals surface area contributed by atoms with E-state index in [9.17, 15) is 9.59 Å². The molecule has 0 atom stereocenters. The van der Waals surface area contributed by atoms with E-state index in [0.29, 0.717) is 24.2 Å². The fourth-order valence-corrected chi connectivity index (χ4v) is 2.28. The molecule has 0 spiro atoms. The smallest absolute Gasteiger partial charge is 0.251 e. The Kier molecular flexibility index (Phi) is 7.01. The number of hydrogen-bond acceptors (Lipinski definition) is 3. The summed E-state index contributed by atoms with van der Waals surface area (Å²) in [5, 5.41) is 5.72. The van der Waals surface area contributed by atoms with Crippen LogP contribution in [0.3, 0.4) is 0 Å². The lowest BCUT2D eigenvalue weighted by Gasteiger charge is -2.08. The minimum Gasteiger partial charge on any atom is -0.497 e. The van der Waals surface area contributed by atoms with Gasteiger partial charge in [0.25, 0.3) is 11.8 Å². The second-order valence-corrected chi connectivity index (χ2v) is 5.72. The molecule has 132 valence electrons. The first-order valence-corrected chi connectivity index (χ1v) is 8.43. The molecule has 2 amide bonds. The Morgan fingerprint density at radius 3 is 1.96 bits per heavy atom. The van der Waals surface area contributed by atoms with Crippen molar-refractivity contribution in [1.82, 2.24) is 10.6 Å². The molecule has 0 radical (unpaired) electrons. The van der Waals surface area contributed by atoms with Crippen molar-refractivity contribution in [3.05, 3.63) is 65.2 Å². The Balaban J connectivity index is 1.87. The number of methoxy groups -OCH3 is 1. The SMILES string of the molecule is CCCCNC(=O)c1ccc(C(=O)NCc2ccc(OC)cc2)cc1. The summed E-state index contributed by atoms with van der Waals surface area (Å²) >= 11 is 0. The summed E-state index contributed by atoms with van der Waals surface area (Å²) in [5.74, 6) is 0.496. The Bertz CT molecular complexity index is 694. The summed E-state index contributed by atoms with van der Waals surface area (Å²) in [6.07, 6.45) is 1.99. The molecule has 5 heteroatoms. The highest BCUT2D eigenvalue weighted by Crippen LogP contribution is 2.11. The van der Waals surface area contributed by atoms with Crippen LogP contribution in [-0.4, -0.2) is 25.5 Å². The van der Waals surface area contributed by atoms with E-state index in [0.717, 1.165) is 24.2 Å². The second kappa shape index (κ2) is 9.47. The molecule has 0 heterocycles. The van der Waals surface area contributed by atoms with Crippen LogP contribution in [0.15, 0.2) is 48.5 Å². The third-order valence-electron chi connectivity index (χ3n) is 3.84. The normalized spacial score (nSPS) is 10.2. The van der Waals surface area contributed by atoms with Crippen LogP contribution < -0.4 is 15.4 Å². The molecule has 2 N–H and O–H groups in total. The molecule has 2 rings (SSSR count). The molecule has 5 nitrogen and oxygen atoms in total. The average molecular weight is 340 g/mol. The monoisotopic (exact) mass is 340 g/mol. The highest BCUT2D eigenvalue weighted by molar-refractivity contribution is 5.97. The summed E-state index contributed by atoms with van der Waals surface area (Å²) in [7, 11) is 1.62. The minimum atomic E-state index is -0.172. The number of nitrogens with one attached hydrogen (secondary N) is 2. The van der Waals surface area contributed by atoms with Gasteiger partial charge in [0, 0.05) is 24.2 Å². The lowest BCUT2D eigenvalue weighted by molar-refractivity contribution is 0.0940. The third-order valence-corrected chi connectivity index (χ3v) is 3.84. The zero-order chi connectivity index (χ0) is 18.1. The van der Waals surface area contributed by atoms with Crippen LogP contribution in [0, 0.1) is 0 Å². The van der Waals surface area contributed by atoms with Crippen LogP contribution in [0.1, 0.15) is 46.0 Å². The van der Waals surface area contributed by atoms with Crippen LogP contribution in [0.5, 0.6) is 5.75 Å². The Morgan fingerprint density at radius 1 is 0.880 bits per heavy atom. The van der Waals surface area contributed by atoms with Gasteiger partial charge in [-0.25, -0.2) is 0 Å². The van der Waals surface area contributed by atoms with Gasteiger partial charge >= 0.3 is 0 Å². The molecule has 2 aromatic rings. The zero-order valence-electron chi connectivity index (χ0n) is 14.7. The summed E-state index contributed by atoms with van der Waals surface area (Å²) in [5.41, 5.74) is 2.07. The second-order valence-electron chi connectivity index (χ2n) is 5.72. The largest absolute Gasteiger partial charge is 0.497 e. The van der Waals surface area contributed by atoms with E-state index in [4.69, 9.17) is 4.74 Å². The number of carbonyl (C=O) groups is 2. The lowest BCUT2D eigenvalue weighted by Crippen LogP contribution is -2.25. The van der Waals surface area contributed by atoms with Crippen molar-refractivity contribution in [2.75, 3.05) is 13.7 Å². The van der Waals surface area contributed by atoms with Gasteiger partial charge in [-0.05, 0) is 48.4 Å². The molecule has 0 aromatic heterocycles. The van der Waals surface area contributed by atoms with Crippen molar-refractivity contribution in [3.8, 4) is 5.75 Å². The molecular weight excluding hydrogens is 316 g/mol. The Hall–Kier alpha value is -2.82. The first-order valence-electron chi connectivity index (χ1n) is 8.43. The van der Waals surface area contributed by atoms with Crippen molar-refractivity contribution in [1.29, 1.82) is 0 Å². The standard InChI is InChI=1S/C20H24N2O3/c1-3-4-13-21-19(23)16-7-9-17(10-8-16)20(24)22-14-15-5-11-18(25-2)12-6-15/h5-12H,3-4,13-14H2,1-2H3,(H,21,23)(H,22,24). The highest BCUT2D eigenvalue weighted by Gasteiger charge is 2.08. The van der Waals surface area contributed by atoms with Gasteiger partial charge in [-0.3, -0.25) is 9.59 Å². The fourth-order valence-electron chi connectivity index (χ4n) is 2.28. The Labute approximate surface area is 148 Å². The molecule has 0 bridgehead atoms. The quantitative estimate of drug-likeness (QED) is 0.726. The van der Waals surface area contributed by atoms with E-state index >= 15 is 0 Å². The van der Waals surface area contributed by atoms with E-state index in [-0.39, 0.29) is 11.8 Å². The maximum absolute atomic E-state index is 12.2. The predicted octanol–water partition coefficient (Wildman–Crippen LogP) is 3.16. The van der Waals surface area contributed by atoms with Crippen molar-refractivity contribution in [3.63, 3.8) is 0 Å². The van der Waals surface area contributed by atoms with E-state index in [1.165, 1.54) is 0 Å². The molecule has 0 aliphatic rings. The van der Waals surface area contributed by atoms with Gasteiger partial charge in [-0.1, -0.05) is 25.5 Å². The third kappa shape index (κ3) is 5.64. The van der Waals surface area contributed by atoms with E-state index in [2.05, 4.69) is 17.6 Å². The summed E-state index contributed by atoms with van der Waals surface area (Å²) in [4.78, 5) is 24.1. The number of ether oxygens (including phenoxy) is 1. The maximum atomic E-state index is 12.2. The summed E-state index contributed by atoms with van der Waals surface area (Å²) < 4.78 is 5.11. The van der Waals surface area contributed by atoms with Gasteiger partial charge in [0.05, 0.1) is 7.11 Å². The van der Waals surface area contributed by atoms with Crippen molar-refractivity contribution >= 4 is 11.8 Å². The number of unbranched alkanes of at least 4 members (excludes halogenated alkanes) is 1. The first-order chi connectivity index (χ1) is 12.1. The van der Waals surface area contributed by atoms with Crippen molar-refractivity contribution < 1.29 is 14.3 Å². The molecule has 0 fully saturated rings. The molecule has 0 unspecified atom stereocenters. The van der Waals surface area contributed by atoms with Crippen LogP contribution >= 0.6 is 0 Å². The number of carbonyl (C=O) groups excluding carboxylic acids is 2. The van der Waals surface area contributed by atoms with E-state index in [1.807, 2.05) is 24.3 Å². The number of amides is 2.